The molecule has 1 saturated carbocycles. The van der Waals surface area contributed by atoms with Crippen molar-refractivity contribution in [2.45, 2.75) is 104 Å². The molecule has 1 aliphatic rings. The van der Waals surface area contributed by atoms with Crippen molar-refractivity contribution in [2.75, 3.05) is 6.61 Å². The van der Waals surface area contributed by atoms with E-state index in [9.17, 15) is 0 Å². The second kappa shape index (κ2) is 14.3. The van der Waals surface area contributed by atoms with Crippen molar-refractivity contribution in [3.05, 3.63) is 42.2 Å². The van der Waals surface area contributed by atoms with Crippen LogP contribution in [0.2, 0.25) is 0 Å². The van der Waals surface area contributed by atoms with E-state index in [-0.39, 0.29) is 0 Å². The Morgan fingerprint density at radius 2 is 1.38 bits per heavy atom. The van der Waals surface area contributed by atoms with Crippen LogP contribution in [-0.2, 0) is 6.42 Å². The molecule has 176 valence electrons. The quantitative estimate of drug-likeness (QED) is 0.279. The Balaban J connectivity index is 1.33. The third-order valence-electron chi connectivity index (χ3n) is 7.09. The predicted octanol–water partition coefficient (Wildman–Crippen LogP) is 8.42. The molecule has 0 radical (unpaired) electrons. The van der Waals surface area contributed by atoms with Gasteiger partial charge in [-0.25, -0.2) is 9.97 Å². The van der Waals surface area contributed by atoms with Gasteiger partial charge in [-0.2, -0.15) is 0 Å². The Labute approximate surface area is 196 Å². The average Bonchev–Trinajstić information content (AvgIpc) is 2.85. The summed E-state index contributed by atoms with van der Waals surface area (Å²) in [6.07, 6.45) is 22.6. The Kier molecular flexibility index (Phi) is 11.0. The Hall–Kier alpha value is -1.90. The zero-order chi connectivity index (χ0) is 22.4. The van der Waals surface area contributed by atoms with E-state index in [1.807, 2.05) is 12.4 Å². The number of unbranched alkanes of at least 4 members (excludes halogenated alkanes) is 4. The first kappa shape index (κ1) is 24.7. The number of aromatic nitrogens is 2. The molecule has 0 unspecified atom stereocenters. The normalized spacial score (nSPS) is 18.6. The monoisotopic (exact) mass is 436 g/mol. The summed E-state index contributed by atoms with van der Waals surface area (Å²) in [6, 6.07) is 8.25. The molecule has 32 heavy (non-hydrogen) atoms. The predicted molar refractivity (Wildman–Crippen MR) is 135 cm³/mol. The topological polar surface area (TPSA) is 35.0 Å². The van der Waals surface area contributed by atoms with Gasteiger partial charge in [-0.3, -0.25) is 0 Å². The summed E-state index contributed by atoms with van der Waals surface area (Å²) in [5, 5.41) is 0. The van der Waals surface area contributed by atoms with Gasteiger partial charge >= 0.3 is 0 Å². The van der Waals surface area contributed by atoms with Gasteiger partial charge in [0.05, 0.1) is 6.61 Å². The number of hydrogen-bond donors (Lipinski definition) is 0. The van der Waals surface area contributed by atoms with Crippen molar-refractivity contribution >= 4 is 0 Å². The molecular formula is C29H44N2O. The van der Waals surface area contributed by atoms with Crippen molar-refractivity contribution in [2.24, 2.45) is 11.8 Å². The summed E-state index contributed by atoms with van der Waals surface area (Å²) >= 11 is 0. The van der Waals surface area contributed by atoms with Crippen molar-refractivity contribution in [1.29, 1.82) is 0 Å². The molecule has 0 saturated heterocycles. The smallest absolute Gasteiger partial charge is 0.159 e. The zero-order valence-electron chi connectivity index (χ0n) is 20.5. The molecule has 1 fully saturated rings. The highest BCUT2D eigenvalue weighted by atomic mass is 16.5. The first-order valence-electron chi connectivity index (χ1n) is 13.3. The standard InChI is InChI=1S/C29H44N2O/c1-3-5-7-8-11-26-22-30-29(31-23-26)27-17-19-28(20-18-27)32-21-9-12-25-15-13-24(14-16-25)10-6-4-2/h17-20,22-25H,3-16,21H2,1-2H3/t24-,25-. The lowest BCUT2D eigenvalue weighted by Gasteiger charge is -2.28. The summed E-state index contributed by atoms with van der Waals surface area (Å²) in [6.45, 7) is 5.37. The van der Waals surface area contributed by atoms with Gasteiger partial charge in [0.25, 0.3) is 0 Å². The molecule has 1 aromatic heterocycles. The molecule has 0 atom stereocenters. The number of aryl methyl sites for hydroxylation is 1. The number of ether oxygens (including phenoxy) is 1. The van der Waals surface area contributed by atoms with Crippen LogP contribution in [-0.4, -0.2) is 16.6 Å². The van der Waals surface area contributed by atoms with Crippen LogP contribution in [0.1, 0.15) is 103 Å². The summed E-state index contributed by atoms with van der Waals surface area (Å²) in [7, 11) is 0. The summed E-state index contributed by atoms with van der Waals surface area (Å²) in [5.41, 5.74) is 2.29. The van der Waals surface area contributed by atoms with E-state index in [0.29, 0.717) is 0 Å². The molecular weight excluding hydrogens is 392 g/mol. The molecule has 0 amide bonds. The van der Waals surface area contributed by atoms with E-state index in [0.717, 1.165) is 48.4 Å². The second-order valence-electron chi connectivity index (χ2n) is 9.77. The first-order chi connectivity index (χ1) is 15.8. The highest BCUT2D eigenvalue weighted by Crippen LogP contribution is 2.34. The van der Waals surface area contributed by atoms with Crippen LogP contribution in [0.25, 0.3) is 11.4 Å². The van der Waals surface area contributed by atoms with Gasteiger partial charge in [0.2, 0.25) is 0 Å². The fraction of sp³-hybridized carbons (Fsp3) is 0.655. The van der Waals surface area contributed by atoms with Gasteiger partial charge in [0.1, 0.15) is 5.75 Å². The minimum Gasteiger partial charge on any atom is -0.494 e. The lowest BCUT2D eigenvalue weighted by atomic mass is 9.78. The molecule has 3 heteroatoms. The van der Waals surface area contributed by atoms with Crippen molar-refractivity contribution in [3.8, 4) is 17.1 Å². The van der Waals surface area contributed by atoms with E-state index in [1.54, 1.807) is 0 Å². The van der Waals surface area contributed by atoms with E-state index < -0.39 is 0 Å². The summed E-state index contributed by atoms with van der Waals surface area (Å²) in [4.78, 5) is 9.15. The average molecular weight is 437 g/mol. The number of benzene rings is 1. The van der Waals surface area contributed by atoms with Crippen molar-refractivity contribution in [3.63, 3.8) is 0 Å². The number of nitrogens with zero attached hydrogens (tertiary/aromatic N) is 2. The summed E-state index contributed by atoms with van der Waals surface area (Å²) < 4.78 is 6.00. The van der Waals surface area contributed by atoms with Gasteiger partial charge in [-0.1, -0.05) is 78.1 Å². The van der Waals surface area contributed by atoms with E-state index >= 15 is 0 Å². The third kappa shape index (κ3) is 8.56. The molecule has 2 aromatic rings. The van der Waals surface area contributed by atoms with Crippen molar-refractivity contribution < 1.29 is 4.74 Å². The van der Waals surface area contributed by atoms with Gasteiger partial charge < -0.3 is 4.74 Å². The van der Waals surface area contributed by atoms with Crippen LogP contribution in [0.4, 0.5) is 0 Å². The molecule has 1 aromatic carbocycles. The van der Waals surface area contributed by atoms with Gasteiger partial charge in [0, 0.05) is 18.0 Å². The van der Waals surface area contributed by atoms with Gasteiger partial charge in [0.15, 0.2) is 5.82 Å². The SMILES string of the molecule is CCCCCCc1cnc(-c2ccc(OCCC[C@H]3CC[C@H](CCCC)CC3)cc2)nc1. The highest BCUT2D eigenvalue weighted by Gasteiger charge is 2.20. The fourth-order valence-electron chi connectivity index (χ4n) is 4.95. The zero-order valence-corrected chi connectivity index (χ0v) is 20.5. The Bertz CT molecular complexity index is 733. The van der Waals surface area contributed by atoms with Crippen LogP contribution in [0.15, 0.2) is 36.7 Å². The Morgan fingerprint density at radius 3 is 2.00 bits per heavy atom. The van der Waals surface area contributed by atoms with Crippen LogP contribution in [0.5, 0.6) is 5.75 Å². The molecule has 1 aliphatic carbocycles. The van der Waals surface area contributed by atoms with E-state index in [1.165, 1.54) is 82.6 Å². The molecule has 0 bridgehead atoms. The molecule has 0 N–H and O–H groups in total. The Morgan fingerprint density at radius 1 is 0.750 bits per heavy atom. The fourth-order valence-corrected chi connectivity index (χ4v) is 4.95. The minimum absolute atomic E-state index is 0.795. The maximum Gasteiger partial charge on any atom is 0.159 e. The molecule has 0 spiro atoms. The number of hydrogen-bond acceptors (Lipinski definition) is 3. The van der Waals surface area contributed by atoms with Crippen LogP contribution in [0, 0.1) is 11.8 Å². The van der Waals surface area contributed by atoms with Crippen LogP contribution < -0.4 is 4.74 Å². The van der Waals surface area contributed by atoms with Crippen molar-refractivity contribution in [1.82, 2.24) is 9.97 Å². The lowest BCUT2D eigenvalue weighted by Crippen LogP contribution is -2.15. The largest absolute Gasteiger partial charge is 0.494 e. The summed E-state index contributed by atoms with van der Waals surface area (Å²) in [5.74, 6) is 3.67. The van der Waals surface area contributed by atoms with E-state index in [4.69, 9.17) is 4.74 Å². The maximum atomic E-state index is 6.00. The lowest BCUT2D eigenvalue weighted by molar-refractivity contribution is 0.228. The molecule has 0 aliphatic heterocycles. The maximum absolute atomic E-state index is 6.00. The molecule has 3 rings (SSSR count). The van der Waals surface area contributed by atoms with E-state index in [2.05, 4.69) is 48.1 Å². The van der Waals surface area contributed by atoms with Gasteiger partial charge in [-0.05, 0) is 67.3 Å². The number of rotatable bonds is 14. The highest BCUT2D eigenvalue weighted by molar-refractivity contribution is 5.55. The van der Waals surface area contributed by atoms with Crippen LogP contribution in [0.3, 0.4) is 0 Å². The second-order valence-corrected chi connectivity index (χ2v) is 9.77. The van der Waals surface area contributed by atoms with Crippen LogP contribution >= 0.6 is 0 Å². The molecule has 3 nitrogen and oxygen atoms in total. The first-order valence-corrected chi connectivity index (χ1v) is 13.3. The molecule has 1 heterocycles. The third-order valence-corrected chi connectivity index (χ3v) is 7.09. The van der Waals surface area contributed by atoms with Gasteiger partial charge in [-0.15, -0.1) is 0 Å². The minimum atomic E-state index is 0.795.